The van der Waals surface area contributed by atoms with Crippen LogP contribution in [0, 0.1) is 6.92 Å². The lowest BCUT2D eigenvalue weighted by Gasteiger charge is -2.26. The van der Waals surface area contributed by atoms with Gasteiger partial charge < -0.3 is 5.32 Å². The van der Waals surface area contributed by atoms with Crippen molar-refractivity contribution in [1.29, 1.82) is 0 Å². The summed E-state index contributed by atoms with van der Waals surface area (Å²) in [6.45, 7) is 2.97. The Balaban J connectivity index is 1.52. The van der Waals surface area contributed by atoms with Crippen LogP contribution in [0.5, 0.6) is 0 Å². The highest BCUT2D eigenvalue weighted by Gasteiger charge is 2.26. The number of amides is 1. The first kappa shape index (κ1) is 20.6. The van der Waals surface area contributed by atoms with Crippen LogP contribution in [0.2, 0.25) is 0 Å². The number of nitrogens with one attached hydrogen (secondary N) is 1. The van der Waals surface area contributed by atoms with Gasteiger partial charge in [0.25, 0.3) is 0 Å². The lowest BCUT2D eigenvalue weighted by molar-refractivity contribution is -0.115. The van der Waals surface area contributed by atoms with E-state index in [0.717, 1.165) is 41.2 Å². The Morgan fingerprint density at radius 2 is 1.67 bits per heavy atom. The van der Waals surface area contributed by atoms with E-state index in [1.807, 2.05) is 49.4 Å². The number of carbonyl (C=O) groups excluding carboxylic acids is 1. The smallest absolute Gasteiger partial charge is 0.243 e. The summed E-state index contributed by atoms with van der Waals surface area (Å²) in [5, 5.41) is 5.12. The zero-order valence-corrected chi connectivity index (χ0v) is 17.9. The van der Waals surface area contributed by atoms with Crippen LogP contribution in [-0.4, -0.2) is 31.7 Å². The second-order valence-electron chi connectivity index (χ2n) is 7.85. The minimum absolute atomic E-state index is 0.166. The highest BCUT2D eigenvalue weighted by molar-refractivity contribution is 7.89. The maximum Gasteiger partial charge on any atom is 0.243 e. The Morgan fingerprint density at radius 3 is 2.43 bits per heavy atom. The second-order valence-corrected chi connectivity index (χ2v) is 9.79. The van der Waals surface area contributed by atoms with Gasteiger partial charge in [-0.15, -0.1) is 0 Å². The largest absolute Gasteiger partial charge is 0.326 e. The van der Waals surface area contributed by atoms with Gasteiger partial charge in [-0.2, -0.15) is 4.31 Å². The van der Waals surface area contributed by atoms with Gasteiger partial charge in [0.05, 0.1) is 11.3 Å². The summed E-state index contributed by atoms with van der Waals surface area (Å²) in [6.07, 6.45) is 3.07. The molecular formula is C24H26N2O3S. The minimum atomic E-state index is -3.54. The van der Waals surface area contributed by atoms with Gasteiger partial charge in [-0.3, -0.25) is 4.79 Å². The molecule has 1 amide bonds. The summed E-state index contributed by atoms with van der Waals surface area (Å²) in [4.78, 5) is 12.9. The number of benzene rings is 3. The van der Waals surface area contributed by atoms with Crippen molar-refractivity contribution in [3.63, 3.8) is 0 Å². The second kappa shape index (κ2) is 8.58. The van der Waals surface area contributed by atoms with Gasteiger partial charge in [0.1, 0.15) is 0 Å². The average molecular weight is 423 g/mol. The molecule has 3 aromatic carbocycles. The zero-order chi connectivity index (χ0) is 21.1. The predicted molar refractivity (Wildman–Crippen MR) is 120 cm³/mol. The standard InChI is InChI=1S/C24H26N2O3S/c1-18-9-12-22(30(28,29)26-13-5-2-6-14-26)17-23(18)25-24(27)16-19-10-11-20-7-3-4-8-21(20)15-19/h3-4,7-12,15,17H,2,5-6,13-14,16H2,1H3,(H,25,27). The number of carbonyl (C=O) groups is 1. The van der Waals surface area contributed by atoms with E-state index < -0.39 is 10.0 Å². The molecule has 1 fully saturated rings. The van der Waals surface area contributed by atoms with Crippen LogP contribution in [-0.2, 0) is 21.2 Å². The summed E-state index contributed by atoms with van der Waals surface area (Å²) in [5.41, 5.74) is 2.29. The summed E-state index contributed by atoms with van der Waals surface area (Å²) >= 11 is 0. The Morgan fingerprint density at radius 1 is 0.933 bits per heavy atom. The summed E-state index contributed by atoms with van der Waals surface area (Å²) < 4.78 is 27.5. The fraction of sp³-hybridized carbons (Fsp3) is 0.292. The van der Waals surface area contributed by atoms with Crippen molar-refractivity contribution in [2.45, 2.75) is 37.5 Å². The van der Waals surface area contributed by atoms with Crippen molar-refractivity contribution in [1.82, 2.24) is 4.31 Å². The molecule has 1 saturated heterocycles. The Bertz CT molecular complexity index is 1180. The van der Waals surface area contributed by atoms with E-state index in [4.69, 9.17) is 0 Å². The number of sulfonamides is 1. The third-order valence-corrected chi connectivity index (χ3v) is 7.51. The molecular weight excluding hydrogens is 396 g/mol. The fourth-order valence-electron chi connectivity index (χ4n) is 3.88. The van der Waals surface area contributed by atoms with Crippen molar-refractivity contribution in [3.05, 3.63) is 71.8 Å². The topological polar surface area (TPSA) is 66.5 Å². The first-order valence-electron chi connectivity index (χ1n) is 10.3. The summed E-state index contributed by atoms with van der Waals surface area (Å²) in [5.74, 6) is -0.166. The summed E-state index contributed by atoms with van der Waals surface area (Å²) in [6, 6.07) is 19.0. The van der Waals surface area contributed by atoms with Gasteiger partial charge in [-0.05, 0) is 53.8 Å². The number of anilines is 1. The van der Waals surface area contributed by atoms with E-state index in [1.54, 1.807) is 22.5 Å². The third kappa shape index (κ3) is 4.40. The molecule has 0 aromatic heterocycles. The van der Waals surface area contributed by atoms with Gasteiger partial charge in [-0.25, -0.2) is 8.42 Å². The first-order chi connectivity index (χ1) is 14.4. The predicted octanol–water partition coefficient (Wildman–Crippen LogP) is 4.50. The molecule has 0 unspecified atom stereocenters. The Labute approximate surface area is 177 Å². The third-order valence-electron chi connectivity index (χ3n) is 5.61. The molecule has 0 saturated carbocycles. The van der Waals surface area contributed by atoms with Crippen LogP contribution in [0.3, 0.4) is 0 Å². The number of aryl methyl sites for hydroxylation is 1. The molecule has 0 aliphatic carbocycles. The van der Waals surface area contributed by atoms with Crippen molar-refractivity contribution in [3.8, 4) is 0 Å². The van der Waals surface area contributed by atoms with E-state index in [0.29, 0.717) is 18.8 Å². The van der Waals surface area contributed by atoms with Crippen molar-refractivity contribution in [2.75, 3.05) is 18.4 Å². The molecule has 0 spiro atoms. The molecule has 1 aliphatic heterocycles. The molecule has 0 radical (unpaired) electrons. The highest BCUT2D eigenvalue weighted by atomic mass is 32.2. The SMILES string of the molecule is Cc1ccc(S(=O)(=O)N2CCCCC2)cc1NC(=O)Cc1ccc2ccccc2c1. The molecule has 0 atom stereocenters. The Kier molecular flexibility index (Phi) is 5.88. The van der Waals surface area contributed by atoms with Crippen LogP contribution in [0.25, 0.3) is 10.8 Å². The van der Waals surface area contributed by atoms with Gasteiger partial charge >= 0.3 is 0 Å². The van der Waals surface area contributed by atoms with E-state index in [-0.39, 0.29) is 17.2 Å². The van der Waals surface area contributed by atoms with Gasteiger partial charge in [0, 0.05) is 18.8 Å². The molecule has 3 aromatic rings. The number of hydrogen-bond donors (Lipinski definition) is 1. The first-order valence-corrected chi connectivity index (χ1v) is 11.8. The molecule has 1 aliphatic rings. The average Bonchev–Trinajstić information content (AvgIpc) is 2.75. The maximum absolute atomic E-state index is 13.0. The quantitative estimate of drug-likeness (QED) is 0.658. The molecule has 1 heterocycles. The van der Waals surface area contributed by atoms with Crippen molar-refractivity contribution in [2.24, 2.45) is 0 Å². The molecule has 1 N–H and O–H groups in total. The normalized spacial score (nSPS) is 15.2. The number of fused-ring (bicyclic) bond motifs is 1. The summed E-state index contributed by atoms with van der Waals surface area (Å²) in [7, 11) is -3.54. The van der Waals surface area contributed by atoms with E-state index >= 15 is 0 Å². The molecule has 156 valence electrons. The monoisotopic (exact) mass is 422 g/mol. The lowest BCUT2D eigenvalue weighted by atomic mass is 10.0. The van der Waals surface area contributed by atoms with Crippen LogP contribution in [0.4, 0.5) is 5.69 Å². The van der Waals surface area contributed by atoms with Gasteiger partial charge in [0.15, 0.2) is 0 Å². The van der Waals surface area contributed by atoms with E-state index in [1.165, 1.54) is 0 Å². The maximum atomic E-state index is 13.0. The molecule has 0 bridgehead atoms. The minimum Gasteiger partial charge on any atom is -0.326 e. The van der Waals surface area contributed by atoms with Crippen LogP contribution in [0.1, 0.15) is 30.4 Å². The van der Waals surface area contributed by atoms with Crippen molar-refractivity contribution >= 4 is 32.4 Å². The van der Waals surface area contributed by atoms with E-state index in [9.17, 15) is 13.2 Å². The fourth-order valence-corrected chi connectivity index (χ4v) is 5.42. The molecule has 5 nitrogen and oxygen atoms in total. The van der Waals surface area contributed by atoms with Crippen molar-refractivity contribution < 1.29 is 13.2 Å². The van der Waals surface area contributed by atoms with Gasteiger partial charge in [-0.1, -0.05) is 55.0 Å². The van der Waals surface area contributed by atoms with E-state index in [2.05, 4.69) is 5.32 Å². The molecule has 30 heavy (non-hydrogen) atoms. The molecule has 6 heteroatoms. The number of nitrogens with zero attached hydrogens (tertiary/aromatic N) is 1. The number of rotatable bonds is 5. The zero-order valence-electron chi connectivity index (χ0n) is 17.1. The van der Waals surface area contributed by atoms with Crippen LogP contribution < -0.4 is 5.32 Å². The molecule has 4 rings (SSSR count). The Hall–Kier alpha value is -2.70. The number of hydrogen-bond acceptors (Lipinski definition) is 3. The van der Waals surface area contributed by atoms with Crippen LogP contribution in [0.15, 0.2) is 65.6 Å². The lowest BCUT2D eigenvalue weighted by Crippen LogP contribution is -2.35. The van der Waals surface area contributed by atoms with Crippen LogP contribution >= 0.6 is 0 Å². The van der Waals surface area contributed by atoms with Gasteiger partial charge in [0.2, 0.25) is 15.9 Å². The number of piperidine rings is 1. The highest BCUT2D eigenvalue weighted by Crippen LogP contribution is 2.25.